The molecule has 1 nitrogen and oxygen atoms in total. The Kier molecular flexibility index (Phi) is 4.54. The second-order valence-electron chi connectivity index (χ2n) is 5.32. The van der Waals surface area contributed by atoms with Crippen LogP contribution in [0, 0.1) is 0 Å². The quantitative estimate of drug-likeness (QED) is 0.719. The van der Waals surface area contributed by atoms with Gasteiger partial charge in [-0.25, -0.2) is 4.39 Å². The minimum atomic E-state index is -1.30. The van der Waals surface area contributed by atoms with Gasteiger partial charge in [-0.05, 0) is 44.5 Å². The number of aryl methyl sites for hydroxylation is 1. The first-order valence-electron chi connectivity index (χ1n) is 6.89. The summed E-state index contributed by atoms with van der Waals surface area (Å²) in [6.45, 7) is 0. The third kappa shape index (κ3) is 3.32. The van der Waals surface area contributed by atoms with E-state index in [0.717, 1.165) is 24.8 Å². The Bertz CT molecular complexity index is 461. The van der Waals surface area contributed by atoms with Crippen molar-refractivity contribution in [2.24, 2.45) is 0 Å². The molecule has 0 saturated carbocycles. The van der Waals surface area contributed by atoms with Crippen molar-refractivity contribution in [3.63, 3.8) is 0 Å². The van der Waals surface area contributed by atoms with Gasteiger partial charge < -0.3 is 0 Å². The van der Waals surface area contributed by atoms with Gasteiger partial charge in [-0.15, -0.1) is 0 Å². The van der Waals surface area contributed by atoms with Gasteiger partial charge in [0.2, 0.25) is 0 Å². The number of halogens is 1. The van der Waals surface area contributed by atoms with E-state index in [2.05, 4.69) is 24.3 Å². The zero-order chi connectivity index (χ0) is 13.7. The van der Waals surface area contributed by atoms with E-state index >= 15 is 0 Å². The van der Waals surface area contributed by atoms with Gasteiger partial charge in [0.25, 0.3) is 0 Å². The molecule has 0 aromatic heterocycles. The van der Waals surface area contributed by atoms with Crippen molar-refractivity contribution in [2.45, 2.75) is 31.5 Å². The van der Waals surface area contributed by atoms with E-state index in [0.29, 0.717) is 6.42 Å². The van der Waals surface area contributed by atoms with E-state index in [1.165, 1.54) is 5.56 Å². The van der Waals surface area contributed by atoms with Gasteiger partial charge in [0, 0.05) is 6.42 Å². The van der Waals surface area contributed by atoms with Crippen molar-refractivity contribution >= 4 is 0 Å². The monoisotopic (exact) mass is 259 g/mol. The third-order valence-corrected chi connectivity index (χ3v) is 3.78. The molecule has 0 radical (unpaired) electrons. The van der Waals surface area contributed by atoms with E-state index in [1.54, 1.807) is 4.90 Å². The molecule has 2 heteroatoms. The highest BCUT2D eigenvalue weighted by atomic mass is 19.1. The second-order valence-corrected chi connectivity index (χ2v) is 5.32. The molecule has 1 aromatic carbocycles. The van der Waals surface area contributed by atoms with Crippen molar-refractivity contribution in [3.8, 4) is 0 Å². The Labute approximate surface area is 115 Å². The summed E-state index contributed by atoms with van der Waals surface area (Å²) in [5.74, 6) is -1.30. The summed E-state index contributed by atoms with van der Waals surface area (Å²) >= 11 is 0. The van der Waals surface area contributed by atoms with E-state index in [-0.39, 0.29) is 0 Å². The summed E-state index contributed by atoms with van der Waals surface area (Å²) in [6.07, 6.45) is 9.08. The van der Waals surface area contributed by atoms with E-state index in [4.69, 9.17) is 0 Å². The predicted octanol–water partition coefficient (Wildman–Crippen LogP) is 4.12. The van der Waals surface area contributed by atoms with Gasteiger partial charge in [-0.1, -0.05) is 48.6 Å². The molecule has 0 fully saturated rings. The Hall–Kier alpha value is -1.41. The normalized spacial score (nSPS) is 22.6. The molecule has 0 amide bonds. The number of hydrogen-bond acceptors (Lipinski definition) is 1. The van der Waals surface area contributed by atoms with Gasteiger partial charge in [0.1, 0.15) is 0 Å². The zero-order valence-corrected chi connectivity index (χ0v) is 11.8. The average molecular weight is 259 g/mol. The molecule has 1 atom stereocenters. The molecule has 102 valence electrons. The zero-order valence-electron chi connectivity index (χ0n) is 11.8. The van der Waals surface area contributed by atoms with E-state index in [1.807, 2.05) is 38.4 Å². The van der Waals surface area contributed by atoms with Crippen LogP contribution in [0.4, 0.5) is 4.39 Å². The number of rotatable bonds is 5. The largest absolute Gasteiger partial charge is 0.274 e. The molecule has 0 saturated heterocycles. The van der Waals surface area contributed by atoms with E-state index in [9.17, 15) is 4.39 Å². The van der Waals surface area contributed by atoms with Crippen LogP contribution in [0.1, 0.15) is 24.8 Å². The lowest BCUT2D eigenvalue weighted by Crippen LogP contribution is -2.42. The van der Waals surface area contributed by atoms with Gasteiger partial charge in [0.05, 0.1) is 0 Å². The molecule has 0 spiro atoms. The summed E-state index contributed by atoms with van der Waals surface area (Å²) in [5, 5.41) is 0. The van der Waals surface area contributed by atoms with Crippen LogP contribution < -0.4 is 0 Å². The van der Waals surface area contributed by atoms with Crippen LogP contribution in [-0.4, -0.2) is 24.8 Å². The molecule has 19 heavy (non-hydrogen) atoms. The maximum Gasteiger partial charge on any atom is 0.189 e. The smallest absolute Gasteiger partial charge is 0.189 e. The minimum Gasteiger partial charge on any atom is -0.274 e. The van der Waals surface area contributed by atoms with Crippen LogP contribution in [0.2, 0.25) is 0 Å². The number of alkyl halides is 1. The molecule has 0 N–H and O–H groups in total. The first-order chi connectivity index (χ1) is 9.13. The number of likely N-dealkylation sites (N-methyl/N-ethyl adjacent to an activating group) is 1. The van der Waals surface area contributed by atoms with Gasteiger partial charge in [-0.3, -0.25) is 4.90 Å². The van der Waals surface area contributed by atoms with Crippen LogP contribution in [0.25, 0.3) is 0 Å². The summed E-state index contributed by atoms with van der Waals surface area (Å²) in [5.41, 5.74) is 2.22. The minimum absolute atomic E-state index is 0.456. The lowest BCUT2D eigenvalue weighted by atomic mass is 9.90. The standard InChI is InChI=1S/C17H22FN/c1-19(2)17(18)14-7-6-12-16(17)13-8-11-15-9-4-3-5-10-15/h3-7,9-10,12H,8,11,13-14H2,1-2H3. The van der Waals surface area contributed by atoms with Crippen LogP contribution in [0.15, 0.2) is 54.1 Å². The number of hydrogen-bond donors (Lipinski definition) is 0. The van der Waals surface area contributed by atoms with Crippen molar-refractivity contribution in [2.75, 3.05) is 14.1 Å². The maximum absolute atomic E-state index is 14.9. The number of allylic oxidation sites excluding steroid dienone is 2. The Morgan fingerprint density at radius 3 is 2.58 bits per heavy atom. The molecule has 1 aliphatic carbocycles. The highest BCUT2D eigenvalue weighted by Crippen LogP contribution is 2.34. The number of nitrogens with zero attached hydrogens (tertiary/aromatic N) is 1. The second kappa shape index (κ2) is 6.16. The molecular weight excluding hydrogens is 237 g/mol. The van der Waals surface area contributed by atoms with Gasteiger partial charge in [0.15, 0.2) is 5.79 Å². The molecule has 0 heterocycles. The van der Waals surface area contributed by atoms with Crippen LogP contribution in [0.3, 0.4) is 0 Å². The molecule has 1 aliphatic rings. The van der Waals surface area contributed by atoms with Gasteiger partial charge in [-0.2, -0.15) is 0 Å². The highest BCUT2D eigenvalue weighted by molar-refractivity contribution is 5.28. The first kappa shape index (κ1) is 14.0. The summed E-state index contributed by atoms with van der Waals surface area (Å²) in [4.78, 5) is 1.69. The molecule has 0 bridgehead atoms. The van der Waals surface area contributed by atoms with Gasteiger partial charge >= 0.3 is 0 Å². The van der Waals surface area contributed by atoms with E-state index < -0.39 is 5.79 Å². The van der Waals surface area contributed by atoms with Crippen molar-refractivity contribution in [1.82, 2.24) is 4.90 Å². The molecule has 1 unspecified atom stereocenters. The molecule has 1 aromatic rings. The SMILES string of the molecule is CN(C)C1(F)CC=CC=C1CCCc1ccccc1. The van der Waals surface area contributed by atoms with Crippen LogP contribution in [0.5, 0.6) is 0 Å². The first-order valence-corrected chi connectivity index (χ1v) is 6.89. The molecular formula is C17H22FN. The van der Waals surface area contributed by atoms with Crippen molar-refractivity contribution in [3.05, 3.63) is 59.7 Å². The summed E-state index contributed by atoms with van der Waals surface area (Å²) < 4.78 is 14.9. The predicted molar refractivity (Wildman–Crippen MR) is 78.7 cm³/mol. The Balaban J connectivity index is 1.94. The van der Waals surface area contributed by atoms with Crippen LogP contribution in [-0.2, 0) is 6.42 Å². The topological polar surface area (TPSA) is 3.24 Å². The Morgan fingerprint density at radius 2 is 1.89 bits per heavy atom. The summed E-state index contributed by atoms with van der Waals surface area (Å²) in [7, 11) is 3.62. The highest BCUT2D eigenvalue weighted by Gasteiger charge is 2.36. The third-order valence-electron chi connectivity index (χ3n) is 3.78. The molecule has 0 aliphatic heterocycles. The fraction of sp³-hybridized carbons (Fsp3) is 0.412. The Morgan fingerprint density at radius 1 is 1.16 bits per heavy atom. The van der Waals surface area contributed by atoms with Crippen LogP contribution >= 0.6 is 0 Å². The number of benzene rings is 1. The summed E-state index contributed by atoms with van der Waals surface area (Å²) in [6, 6.07) is 10.4. The lowest BCUT2D eigenvalue weighted by Gasteiger charge is -2.35. The van der Waals surface area contributed by atoms with Crippen molar-refractivity contribution < 1.29 is 4.39 Å². The average Bonchev–Trinajstić information content (AvgIpc) is 2.42. The maximum atomic E-state index is 14.9. The lowest BCUT2D eigenvalue weighted by molar-refractivity contribution is 0.0381. The fourth-order valence-electron chi connectivity index (χ4n) is 2.54. The van der Waals surface area contributed by atoms with Crippen molar-refractivity contribution in [1.29, 1.82) is 0 Å². The fourth-order valence-corrected chi connectivity index (χ4v) is 2.54. The molecule has 2 rings (SSSR count).